The zero-order chi connectivity index (χ0) is 22.5. The van der Waals surface area contributed by atoms with Crippen LogP contribution in [0, 0.1) is 0 Å². The van der Waals surface area contributed by atoms with Crippen molar-refractivity contribution in [3.8, 4) is 5.75 Å². The summed E-state index contributed by atoms with van der Waals surface area (Å²) in [5.41, 5.74) is 0.500. The number of hydrogen-bond acceptors (Lipinski definition) is 6. The van der Waals surface area contributed by atoms with Gasteiger partial charge >= 0.3 is 0 Å². The lowest BCUT2D eigenvalue weighted by atomic mass is 10.1. The van der Waals surface area contributed by atoms with Crippen molar-refractivity contribution in [2.75, 3.05) is 44.9 Å². The SMILES string of the molecule is CN(c1ccccc1C(=O)NCCOc1ccc(S(=O)(=O)N(C)C)cc1)S(C)(=O)=O. The predicted octanol–water partition coefficient (Wildman–Crippen LogP) is 1.14. The molecule has 0 aliphatic heterocycles. The van der Waals surface area contributed by atoms with E-state index in [0.717, 1.165) is 14.9 Å². The van der Waals surface area contributed by atoms with Gasteiger partial charge in [0.1, 0.15) is 12.4 Å². The summed E-state index contributed by atoms with van der Waals surface area (Å²) in [4.78, 5) is 12.6. The Morgan fingerprint density at radius 2 is 1.57 bits per heavy atom. The fourth-order valence-corrected chi connectivity index (χ4v) is 3.88. The summed E-state index contributed by atoms with van der Waals surface area (Å²) in [6.07, 6.45) is 1.06. The molecular weight excluding hydrogens is 430 g/mol. The van der Waals surface area contributed by atoms with Crippen molar-refractivity contribution in [1.29, 1.82) is 0 Å². The van der Waals surface area contributed by atoms with E-state index >= 15 is 0 Å². The zero-order valence-electron chi connectivity index (χ0n) is 17.2. The molecule has 11 heteroatoms. The number of nitrogens with one attached hydrogen (secondary N) is 1. The van der Waals surface area contributed by atoms with Gasteiger partial charge in [-0.2, -0.15) is 0 Å². The van der Waals surface area contributed by atoms with Crippen LogP contribution in [0.15, 0.2) is 53.4 Å². The number of rotatable bonds is 9. The number of nitrogens with zero attached hydrogens (tertiary/aromatic N) is 2. The first kappa shape index (κ1) is 23.6. The summed E-state index contributed by atoms with van der Waals surface area (Å²) in [7, 11) is -2.73. The van der Waals surface area contributed by atoms with Gasteiger partial charge in [0, 0.05) is 21.1 Å². The lowest BCUT2D eigenvalue weighted by Crippen LogP contribution is -2.31. The number of para-hydroxylation sites is 1. The van der Waals surface area contributed by atoms with E-state index in [2.05, 4.69) is 5.32 Å². The molecule has 0 unspecified atom stereocenters. The Labute approximate surface area is 177 Å². The van der Waals surface area contributed by atoms with Crippen LogP contribution in [0.5, 0.6) is 5.75 Å². The first-order valence-electron chi connectivity index (χ1n) is 8.91. The molecule has 0 aromatic heterocycles. The van der Waals surface area contributed by atoms with Gasteiger partial charge in [0.15, 0.2) is 0 Å². The molecule has 0 aliphatic rings. The molecule has 1 amide bonds. The van der Waals surface area contributed by atoms with Gasteiger partial charge in [0.25, 0.3) is 5.91 Å². The standard InChI is InChI=1S/C19H25N3O6S2/c1-21(2)30(26,27)16-11-9-15(10-12-16)28-14-13-20-19(23)17-7-5-6-8-18(17)22(3)29(4,24)25/h5-12H,13-14H2,1-4H3,(H,20,23). The minimum absolute atomic E-state index is 0.148. The van der Waals surface area contributed by atoms with Crippen LogP contribution >= 0.6 is 0 Å². The van der Waals surface area contributed by atoms with Crippen LogP contribution in [0.4, 0.5) is 5.69 Å². The maximum Gasteiger partial charge on any atom is 0.253 e. The van der Waals surface area contributed by atoms with Gasteiger partial charge in [0.2, 0.25) is 20.0 Å². The molecule has 0 saturated heterocycles. The van der Waals surface area contributed by atoms with E-state index < -0.39 is 26.0 Å². The van der Waals surface area contributed by atoms with Gasteiger partial charge in [-0.05, 0) is 36.4 Å². The van der Waals surface area contributed by atoms with Gasteiger partial charge < -0.3 is 10.1 Å². The summed E-state index contributed by atoms with van der Waals surface area (Å²) in [6.45, 7) is 0.323. The normalized spacial score (nSPS) is 11.9. The van der Waals surface area contributed by atoms with Crippen molar-refractivity contribution >= 4 is 31.6 Å². The highest BCUT2D eigenvalue weighted by Gasteiger charge is 2.19. The lowest BCUT2D eigenvalue weighted by Gasteiger charge is -2.19. The van der Waals surface area contributed by atoms with Crippen LogP contribution in [0.2, 0.25) is 0 Å². The summed E-state index contributed by atoms with van der Waals surface area (Å²) in [5.74, 6) is 0.0243. The average Bonchev–Trinajstić information content (AvgIpc) is 2.70. The third kappa shape index (κ3) is 5.71. The van der Waals surface area contributed by atoms with Crippen molar-refractivity contribution in [3.63, 3.8) is 0 Å². The molecule has 0 atom stereocenters. The molecule has 30 heavy (non-hydrogen) atoms. The Kier molecular flexibility index (Phi) is 7.45. The first-order chi connectivity index (χ1) is 13.9. The lowest BCUT2D eigenvalue weighted by molar-refractivity contribution is 0.0947. The summed E-state index contributed by atoms with van der Waals surface area (Å²) in [5, 5.41) is 2.68. The maximum atomic E-state index is 12.5. The first-order valence-corrected chi connectivity index (χ1v) is 12.2. The number of ether oxygens (including phenoxy) is 1. The summed E-state index contributed by atoms with van der Waals surface area (Å²) < 4.78 is 55.3. The second-order valence-corrected chi connectivity index (χ2v) is 10.8. The number of sulfonamides is 2. The molecule has 0 bridgehead atoms. The quantitative estimate of drug-likeness (QED) is 0.568. The number of carbonyl (C=O) groups is 1. The van der Waals surface area contributed by atoms with Crippen molar-refractivity contribution in [1.82, 2.24) is 9.62 Å². The molecule has 0 aliphatic carbocycles. The molecule has 9 nitrogen and oxygen atoms in total. The third-order valence-corrected chi connectivity index (χ3v) is 7.27. The molecule has 2 aromatic rings. The Hall–Kier alpha value is -2.63. The van der Waals surface area contributed by atoms with Crippen LogP contribution < -0.4 is 14.4 Å². The number of carbonyl (C=O) groups excluding carboxylic acids is 1. The average molecular weight is 456 g/mol. The number of amides is 1. The van der Waals surface area contributed by atoms with Gasteiger partial charge in [-0.15, -0.1) is 0 Å². The Morgan fingerprint density at radius 1 is 0.967 bits per heavy atom. The molecule has 2 rings (SSSR count). The Morgan fingerprint density at radius 3 is 2.13 bits per heavy atom. The molecule has 0 fully saturated rings. The van der Waals surface area contributed by atoms with E-state index in [1.807, 2.05) is 0 Å². The summed E-state index contributed by atoms with van der Waals surface area (Å²) in [6, 6.07) is 12.3. The van der Waals surface area contributed by atoms with Crippen LogP contribution in [-0.2, 0) is 20.0 Å². The second-order valence-electron chi connectivity index (χ2n) is 6.61. The van der Waals surface area contributed by atoms with Crippen molar-refractivity contribution in [2.24, 2.45) is 0 Å². The van der Waals surface area contributed by atoms with Crippen LogP contribution in [0.1, 0.15) is 10.4 Å². The smallest absolute Gasteiger partial charge is 0.253 e. The minimum atomic E-state index is -3.51. The third-order valence-electron chi connectivity index (χ3n) is 4.24. The van der Waals surface area contributed by atoms with Crippen molar-refractivity contribution in [3.05, 3.63) is 54.1 Å². The fraction of sp³-hybridized carbons (Fsp3) is 0.316. The van der Waals surface area contributed by atoms with E-state index in [0.29, 0.717) is 5.75 Å². The van der Waals surface area contributed by atoms with E-state index in [1.165, 1.54) is 51.5 Å². The number of anilines is 1. The van der Waals surface area contributed by atoms with Gasteiger partial charge in [-0.25, -0.2) is 21.1 Å². The molecule has 0 radical (unpaired) electrons. The monoisotopic (exact) mass is 455 g/mol. The minimum Gasteiger partial charge on any atom is -0.492 e. The van der Waals surface area contributed by atoms with Crippen LogP contribution in [0.25, 0.3) is 0 Å². The Balaban J connectivity index is 1.95. The van der Waals surface area contributed by atoms with Crippen LogP contribution in [0.3, 0.4) is 0 Å². The fourth-order valence-electron chi connectivity index (χ4n) is 2.47. The van der Waals surface area contributed by atoms with Gasteiger partial charge in [0.05, 0.1) is 28.9 Å². The predicted molar refractivity (Wildman–Crippen MR) is 115 cm³/mol. The van der Waals surface area contributed by atoms with E-state index in [1.54, 1.807) is 18.2 Å². The van der Waals surface area contributed by atoms with Crippen molar-refractivity contribution < 1.29 is 26.4 Å². The molecule has 0 saturated carbocycles. The topological polar surface area (TPSA) is 113 Å². The highest BCUT2D eigenvalue weighted by atomic mass is 32.2. The number of hydrogen-bond donors (Lipinski definition) is 1. The highest BCUT2D eigenvalue weighted by molar-refractivity contribution is 7.92. The molecule has 1 N–H and O–H groups in total. The number of benzene rings is 2. The molecule has 0 heterocycles. The van der Waals surface area contributed by atoms with E-state index in [-0.39, 0.29) is 29.3 Å². The zero-order valence-corrected chi connectivity index (χ0v) is 18.8. The maximum absolute atomic E-state index is 12.5. The molecule has 164 valence electrons. The second kappa shape index (κ2) is 9.45. The molecule has 2 aromatic carbocycles. The molecule has 0 spiro atoms. The van der Waals surface area contributed by atoms with E-state index in [9.17, 15) is 21.6 Å². The molecular formula is C19H25N3O6S2. The largest absolute Gasteiger partial charge is 0.492 e. The van der Waals surface area contributed by atoms with E-state index in [4.69, 9.17) is 4.74 Å². The summed E-state index contributed by atoms with van der Waals surface area (Å²) >= 11 is 0. The van der Waals surface area contributed by atoms with Crippen LogP contribution in [-0.4, -0.2) is 67.6 Å². The van der Waals surface area contributed by atoms with Gasteiger partial charge in [-0.3, -0.25) is 9.10 Å². The van der Waals surface area contributed by atoms with Gasteiger partial charge in [-0.1, -0.05) is 12.1 Å². The van der Waals surface area contributed by atoms with Crippen molar-refractivity contribution in [2.45, 2.75) is 4.90 Å². The Bertz CT molecular complexity index is 1100. The highest BCUT2D eigenvalue weighted by Crippen LogP contribution is 2.21.